The number of hydrogen-bond acceptors (Lipinski definition) is 3. The molecule has 1 atom stereocenters. The molecule has 0 radical (unpaired) electrons. The summed E-state index contributed by atoms with van der Waals surface area (Å²) in [4.78, 5) is 19.0. The van der Waals surface area contributed by atoms with Gasteiger partial charge in [-0.15, -0.1) is 0 Å². The number of aliphatic carboxylic acids is 1. The summed E-state index contributed by atoms with van der Waals surface area (Å²) < 4.78 is 0. The Hall–Kier alpha value is -0.610. The topological polar surface area (TPSA) is 49.8 Å². The van der Waals surface area contributed by atoms with E-state index in [0.717, 1.165) is 38.5 Å². The van der Waals surface area contributed by atoms with Crippen LogP contribution in [0.25, 0.3) is 0 Å². The fourth-order valence-electron chi connectivity index (χ4n) is 7.35. The predicted octanol–water partition coefficient (Wildman–Crippen LogP) is 10.1. The Morgan fingerprint density at radius 2 is 1.19 bits per heavy atom. The number of carboxylic acid groups (broad SMARTS) is 1. The van der Waals surface area contributed by atoms with Crippen LogP contribution in [0, 0.1) is 11.8 Å². The zero-order valence-corrected chi connectivity index (χ0v) is 25.5. The first kappa shape index (κ1) is 32.6. The molecule has 1 unspecified atom stereocenters. The quantitative estimate of drug-likeness (QED) is 0.172. The van der Waals surface area contributed by atoms with E-state index in [4.69, 9.17) is 4.84 Å². The first-order valence-electron chi connectivity index (χ1n) is 16.4. The third kappa shape index (κ3) is 12.0. The number of piperidine rings is 1. The third-order valence-electron chi connectivity index (χ3n) is 9.18. The van der Waals surface area contributed by atoms with Crippen LogP contribution in [0.3, 0.4) is 0 Å². The van der Waals surface area contributed by atoms with E-state index in [0.29, 0.717) is 6.10 Å². The molecule has 1 N–H and O–H groups in total. The van der Waals surface area contributed by atoms with Gasteiger partial charge in [-0.3, -0.25) is 9.63 Å². The smallest absolute Gasteiger partial charge is 0.306 e. The summed E-state index contributed by atoms with van der Waals surface area (Å²) in [7, 11) is 0. The molecule has 2 aliphatic rings. The van der Waals surface area contributed by atoms with Gasteiger partial charge in [-0.2, -0.15) is 5.06 Å². The van der Waals surface area contributed by atoms with E-state index < -0.39 is 5.97 Å². The molecule has 1 saturated carbocycles. The van der Waals surface area contributed by atoms with Gasteiger partial charge in [0.2, 0.25) is 0 Å². The van der Waals surface area contributed by atoms with Gasteiger partial charge < -0.3 is 5.11 Å². The average molecular weight is 522 g/mol. The molecule has 4 heteroatoms. The number of hydrogen-bond donors (Lipinski definition) is 1. The molecule has 0 bridgehead atoms. The summed E-state index contributed by atoms with van der Waals surface area (Å²) in [5.74, 6) is -0.601. The van der Waals surface area contributed by atoms with Crippen molar-refractivity contribution in [1.29, 1.82) is 0 Å². The Morgan fingerprint density at radius 3 is 1.62 bits per heavy atom. The minimum absolute atomic E-state index is 0.146. The highest BCUT2D eigenvalue weighted by molar-refractivity contribution is 5.70. The number of hydroxylamine groups is 2. The number of rotatable bonds is 19. The van der Waals surface area contributed by atoms with Crippen molar-refractivity contribution in [3.05, 3.63) is 0 Å². The van der Waals surface area contributed by atoms with Gasteiger partial charge in [-0.25, -0.2) is 0 Å². The first-order valence-corrected chi connectivity index (χ1v) is 16.4. The van der Waals surface area contributed by atoms with Gasteiger partial charge in [-0.1, -0.05) is 116 Å². The minimum Gasteiger partial charge on any atom is -0.481 e. The van der Waals surface area contributed by atoms with Crippen molar-refractivity contribution in [2.45, 2.75) is 193 Å². The van der Waals surface area contributed by atoms with Crippen molar-refractivity contribution in [2.75, 3.05) is 0 Å². The van der Waals surface area contributed by atoms with Crippen LogP contribution in [-0.2, 0) is 9.63 Å². The number of unbranched alkanes of at least 4 members (excludes halogenated alkanes) is 13. The van der Waals surface area contributed by atoms with Crippen LogP contribution < -0.4 is 0 Å². The van der Waals surface area contributed by atoms with Gasteiger partial charge in [-0.05, 0) is 65.7 Å². The standard InChI is InChI=1S/C33H63NO3/c1-6-7-8-9-10-11-12-13-14-15-16-17-18-22-25-30(31(35)36)28-26-32(2,3)34(33(4,5)27-28)37-29-23-20-19-21-24-29/h28-30H,6-27H2,1-5H3,(H,35,36). The van der Waals surface area contributed by atoms with Crippen molar-refractivity contribution < 1.29 is 14.7 Å². The van der Waals surface area contributed by atoms with Crippen LogP contribution in [0.4, 0.5) is 0 Å². The molecule has 4 nitrogen and oxygen atoms in total. The van der Waals surface area contributed by atoms with Crippen LogP contribution in [0.1, 0.15) is 176 Å². The molecular formula is C33H63NO3. The van der Waals surface area contributed by atoms with Crippen LogP contribution in [0.15, 0.2) is 0 Å². The zero-order valence-electron chi connectivity index (χ0n) is 25.5. The second kappa shape index (κ2) is 17.2. The Labute approximate surface area is 230 Å². The zero-order chi connectivity index (χ0) is 27.2. The lowest BCUT2D eigenvalue weighted by molar-refractivity contribution is -0.315. The van der Waals surface area contributed by atoms with E-state index in [-0.39, 0.29) is 22.9 Å². The first-order chi connectivity index (χ1) is 17.7. The molecule has 1 aliphatic heterocycles. The van der Waals surface area contributed by atoms with E-state index in [1.54, 1.807) is 0 Å². The van der Waals surface area contributed by atoms with Gasteiger partial charge in [0.15, 0.2) is 0 Å². The highest BCUT2D eigenvalue weighted by Crippen LogP contribution is 2.46. The van der Waals surface area contributed by atoms with Crippen LogP contribution >= 0.6 is 0 Å². The molecule has 37 heavy (non-hydrogen) atoms. The molecule has 0 amide bonds. The van der Waals surface area contributed by atoms with E-state index in [1.807, 2.05) is 0 Å². The average Bonchev–Trinajstić information content (AvgIpc) is 2.84. The number of nitrogens with zero attached hydrogens (tertiary/aromatic N) is 1. The molecule has 1 heterocycles. The lowest BCUT2D eigenvalue weighted by Crippen LogP contribution is -2.62. The molecule has 0 aromatic carbocycles. The van der Waals surface area contributed by atoms with Gasteiger partial charge in [0.05, 0.1) is 12.0 Å². The maximum Gasteiger partial charge on any atom is 0.306 e. The monoisotopic (exact) mass is 521 g/mol. The van der Waals surface area contributed by atoms with Crippen LogP contribution in [-0.4, -0.2) is 33.3 Å². The van der Waals surface area contributed by atoms with Crippen molar-refractivity contribution in [2.24, 2.45) is 11.8 Å². The third-order valence-corrected chi connectivity index (χ3v) is 9.18. The van der Waals surface area contributed by atoms with Crippen molar-refractivity contribution in [3.63, 3.8) is 0 Å². The Balaban J connectivity index is 1.66. The van der Waals surface area contributed by atoms with E-state index in [1.165, 1.54) is 103 Å². The number of carboxylic acids is 1. The highest BCUT2D eigenvalue weighted by atomic mass is 16.7. The van der Waals surface area contributed by atoms with E-state index in [2.05, 4.69) is 39.7 Å². The summed E-state index contributed by atoms with van der Waals surface area (Å²) in [6, 6.07) is 0. The molecule has 1 aliphatic carbocycles. The minimum atomic E-state index is -0.590. The molecule has 2 fully saturated rings. The summed E-state index contributed by atoms with van der Waals surface area (Å²) >= 11 is 0. The summed E-state index contributed by atoms with van der Waals surface area (Å²) in [6.07, 6.45) is 27.9. The number of carbonyl (C=O) groups is 1. The summed E-state index contributed by atoms with van der Waals surface area (Å²) in [6.45, 7) is 11.3. The Morgan fingerprint density at radius 1 is 0.757 bits per heavy atom. The van der Waals surface area contributed by atoms with Gasteiger partial charge in [0.1, 0.15) is 0 Å². The maximum absolute atomic E-state index is 12.3. The Kier molecular flexibility index (Phi) is 15.1. The second-order valence-corrected chi connectivity index (χ2v) is 13.8. The molecule has 1 saturated heterocycles. The fourth-order valence-corrected chi connectivity index (χ4v) is 7.35. The summed E-state index contributed by atoms with van der Waals surface area (Å²) in [5, 5.41) is 12.4. The van der Waals surface area contributed by atoms with Gasteiger partial charge in [0.25, 0.3) is 0 Å². The lowest BCUT2D eigenvalue weighted by Gasteiger charge is -2.55. The lowest BCUT2D eigenvalue weighted by atomic mass is 9.69. The predicted molar refractivity (Wildman–Crippen MR) is 157 cm³/mol. The fraction of sp³-hybridized carbons (Fsp3) is 0.970. The van der Waals surface area contributed by atoms with Crippen molar-refractivity contribution in [1.82, 2.24) is 5.06 Å². The molecule has 0 aromatic rings. The van der Waals surface area contributed by atoms with E-state index in [9.17, 15) is 9.90 Å². The summed E-state index contributed by atoms with van der Waals surface area (Å²) in [5.41, 5.74) is -0.292. The molecule has 0 aromatic heterocycles. The highest BCUT2D eigenvalue weighted by Gasteiger charge is 2.50. The van der Waals surface area contributed by atoms with Crippen LogP contribution in [0.5, 0.6) is 0 Å². The normalized spacial score (nSPS) is 21.8. The molecule has 218 valence electrons. The van der Waals surface area contributed by atoms with Crippen molar-refractivity contribution in [3.8, 4) is 0 Å². The molecular weight excluding hydrogens is 458 g/mol. The van der Waals surface area contributed by atoms with Gasteiger partial charge >= 0.3 is 5.97 Å². The largest absolute Gasteiger partial charge is 0.481 e. The van der Waals surface area contributed by atoms with Crippen LogP contribution in [0.2, 0.25) is 0 Å². The van der Waals surface area contributed by atoms with Gasteiger partial charge in [0, 0.05) is 11.1 Å². The Bertz CT molecular complexity index is 593. The molecule has 2 rings (SSSR count). The van der Waals surface area contributed by atoms with E-state index >= 15 is 0 Å². The SMILES string of the molecule is CCCCCCCCCCCCCCCCC(C(=O)O)C1CC(C)(C)N(OC2CCCCC2)C(C)(C)C1. The molecule has 0 spiro atoms. The van der Waals surface area contributed by atoms with Crippen molar-refractivity contribution >= 4 is 5.97 Å². The second-order valence-electron chi connectivity index (χ2n) is 13.8. The maximum atomic E-state index is 12.3.